The van der Waals surface area contributed by atoms with Crippen LogP contribution in [0.25, 0.3) is 0 Å². The first kappa shape index (κ1) is 14.2. The Morgan fingerprint density at radius 2 is 1.94 bits per heavy atom. The molecule has 2 N–H and O–H groups in total. The second kappa shape index (κ2) is 6.16. The minimum atomic E-state index is -3.25. The molecular formula is C11H19NO4S. The molecule has 0 unspecified atom stereocenters. The lowest BCUT2D eigenvalue weighted by atomic mass is 9.87. The Bertz CT molecular complexity index is 369. The van der Waals surface area contributed by atoms with Crippen LogP contribution in [-0.4, -0.2) is 31.3 Å². The van der Waals surface area contributed by atoms with Crippen molar-refractivity contribution in [1.82, 2.24) is 4.72 Å². The van der Waals surface area contributed by atoms with Crippen LogP contribution in [0.3, 0.4) is 0 Å². The van der Waals surface area contributed by atoms with Gasteiger partial charge in [0.1, 0.15) is 0 Å². The molecule has 0 radical (unpaired) electrons. The highest BCUT2D eigenvalue weighted by molar-refractivity contribution is 7.89. The molecule has 0 spiro atoms. The lowest BCUT2D eigenvalue weighted by Gasteiger charge is -2.26. The van der Waals surface area contributed by atoms with Gasteiger partial charge in [-0.2, -0.15) is 0 Å². The van der Waals surface area contributed by atoms with Crippen LogP contribution in [0.2, 0.25) is 0 Å². The number of allylic oxidation sites excluding steroid dienone is 1. The van der Waals surface area contributed by atoms with E-state index in [1.54, 1.807) is 6.08 Å². The molecule has 98 valence electrons. The van der Waals surface area contributed by atoms with Gasteiger partial charge in [0.2, 0.25) is 10.0 Å². The van der Waals surface area contributed by atoms with Crippen molar-refractivity contribution in [3.05, 3.63) is 12.7 Å². The van der Waals surface area contributed by atoms with E-state index in [0.717, 1.165) is 0 Å². The Morgan fingerprint density at radius 1 is 1.35 bits per heavy atom. The summed E-state index contributed by atoms with van der Waals surface area (Å²) < 4.78 is 25.8. The summed E-state index contributed by atoms with van der Waals surface area (Å²) in [6, 6.07) is -0.111. The van der Waals surface area contributed by atoms with Gasteiger partial charge in [-0.1, -0.05) is 6.08 Å². The van der Waals surface area contributed by atoms with Crippen LogP contribution in [0, 0.1) is 5.92 Å². The van der Waals surface area contributed by atoms with Gasteiger partial charge in [-0.15, -0.1) is 6.58 Å². The molecule has 0 aliphatic heterocycles. The average molecular weight is 261 g/mol. The normalized spacial score (nSPS) is 25.4. The second-order valence-corrected chi connectivity index (χ2v) is 6.27. The van der Waals surface area contributed by atoms with E-state index in [0.29, 0.717) is 32.1 Å². The molecule has 5 nitrogen and oxygen atoms in total. The van der Waals surface area contributed by atoms with E-state index in [4.69, 9.17) is 5.11 Å². The molecule has 0 atom stereocenters. The predicted molar refractivity (Wildman–Crippen MR) is 65.1 cm³/mol. The molecule has 0 amide bonds. The largest absolute Gasteiger partial charge is 0.481 e. The third kappa shape index (κ3) is 4.87. The van der Waals surface area contributed by atoms with Crippen molar-refractivity contribution in [3.63, 3.8) is 0 Å². The van der Waals surface area contributed by atoms with Gasteiger partial charge in [0.15, 0.2) is 0 Å². The van der Waals surface area contributed by atoms with Crippen LogP contribution in [0.5, 0.6) is 0 Å². The first-order valence-electron chi connectivity index (χ1n) is 5.78. The molecule has 1 fully saturated rings. The Kier molecular flexibility index (Phi) is 5.14. The summed E-state index contributed by atoms with van der Waals surface area (Å²) in [7, 11) is -3.25. The maximum absolute atomic E-state index is 11.6. The van der Waals surface area contributed by atoms with Crippen LogP contribution < -0.4 is 4.72 Å². The van der Waals surface area contributed by atoms with Gasteiger partial charge in [-0.3, -0.25) is 4.79 Å². The van der Waals surface area contributed by atoms with Gasteiger partial charge >= 0.3 is 5.97 Å². The average Bonchev–Trinajstić information content (AvgIpc) is 2.26. The van der Waals surface area contributed by atoms with Crippen molar-refractivity contribution in [3.8, 4) is 0 Å². The molecule has 0 bridgehead atoms. The summed E-state index contributed by atoms with van der Waals surface area (Å²) in [5, 5.41) is 8.82. The monoisotopic (exact) mass is 261 g/mol. The molecule has 1 aliphatic carbocycles. The second-order valence-electron chi connectivity index (χ2n) is 4.40. The first-order valence-corrected chi connectivity index (χ1v) is 7.43. The zero-order chi connectivity index (χ0) is 12.9. The number of sulfonamides is 1. The summed E-state index contributed by atoms with van der Waals surface area (Å²) in [5.41, 5.74) is 0. The van der Waals surface area contributed by atoms with Crippen molar-refractivity contribution in [2.24, 2.45) is 5.92 Å². The number of hydrogen-bond donors (Lipinski definition) is 2. The zero-order valence-electron chi connectivity index (χ0n) is 9.76. The first-order chi connectivity index (χ1) is 7.94. The van der Waals surface area contributed by atoms with Gasteiger partial charge in [0, 0.05) is 6.04 Å². The summed E-state index contributed by atoms with van der Waals surface area (Å²) in [5.74, 6) is -1.04. The number of carboxylic acid groups (broad SMARTS) is 1. The number of hydrogen-bond acceptors (Lipinski definition) is 3. The van der Waals surface area contributed by atoms with E-state index >= 15 is 0 Å². The van der Waals surface area contributed by atoms with Gasteiger partial charge in [-0.05, 0) is 32.1 Å². The van der Waals surface area contributed by atoms with Gasteiger partial charge in [0.05, 0.1) is 11.7 Å². The third-order valence-corrected chi connectivity index (χ3v) is 4.48. The quantitative estimate of drug-likeness (QED) is 0.702. The smallest absolute Gasteiger partial charge is 0.306 e. The van der Waals surface area contributed by atoms with Crippen LogP contribution in [-0.2, 0) is 14.8 Å². The van der Waals surface area contributed by atoms with E-state index in [9.17, 15) is 13.2 Å². The maximum atomic E-state index is 11.6. The molecule has 6 heteroatoms. The van der Waals surface area contributed by atoms with Crippen LogP contribution in [0.1, 0.15) is 32.1 Å². The Morgan fingerprint density at radius 3 is 2.41 bits per heavy atom. The van der Waals surface area contributed by atoms with E-state index in [-0.39, 0.29) is 17.7 Å². The van der Waals surface area contributed by atoms with Crippen molar-refractivity contribution in [2.45, 2.75) is 38.1 Å². The highest BCUT2D eigenvalue weighted by Gasteiger charge is 2.27. The van der Waals surface area contributed by atoms with Crippen molar-refractivity contribution in [1.29, 1.82) is 0 Å². The maximum Gasteiger partial charge on any atom is 0.306 e. The fourth-order valence-corrected chi connectivity index (χ4v) is 3.35. The molecule has 0 saturated heterocycles. The fourth-order valence-electron chi connectivity index (χ4n) is 2.01. The third-order valence-electron chi connectivity index (χ3n) is 3.01. The molecule has 1 rings (SSSR count). The zero-order valence-corrected chi connectivity index (χ0v) is 10.6. The van der Waals surface area contributed by atoms with Crippen molar-refractivity contribution in [2.75, 3.05) is 5.75 Å². The lowest BCUT2D eigenvalue weighted by Crippen LogP contribution is -2.39. The van der Waals surface area contributed by atoms with Crippen LogP contribution in [0.4, 0.5) is 0 Å². The topological polar surface area (TPSA) is 83.5 Å². The van der Waals surface area contributed by atoms with Crippen LogP contribution in [0.15, 0.2) is 12.7 Å². The van der Waals surface area contributed by atoms with Crippen molar-refractivity contribution < 1.29 is 18.3 Å². The Hall–Kier alpha value is -0.880. The molecule has 0 heterocycles. The molecule has 0 aromatic rings. The number of aliphatic carboxylic acids is 1. The minimum Gasteiger partial charge on any atom is -0.481 e. The SMILES string of the molecule is C=CCCS(=O)(=O)NC1CCC(C(=O)O)CC1. The van der Waals surface area contributed by atoms with Gasteiger partial charge in [0.25, 0.3) is 0 Å². The Balaban J connectivity index is 2.40. The number of rotatable bonds is 6. The lowest BCUT2D eigenvalue weighted by molar-refractivity contribution is -0.142. The highest BCUT2D eigenvalue weighted by Crippen LogP contribution is 2.24. The van der Waals surface area contributed by atoms with Gasteiger partial charge < -0.3 is 5.11 Å². The van der Waals surface area contributed by atoms with E-state index in [1.807, 2.05) is 0 Å². The molecule has 0 aromatic heterocycles. The summed E-state index contributed by atoms with van der Waals surface area (Å²) in [6.07, 6.45) is 4.29. The van der Waals surface area contributed by atoms with E-state index in [2.05, 4.69) is 11.3 Å². The predicted octanol–water partition coefficient (Wildman–Crippen LogP) is 1.13. The molecule has 17 heavy (non-hydrogen) atoms. The summed E-state index contributed by atoms with van der Waals surface area (Å²) >= 11 is 0. The molecule has 1 saturated carbocycles. The van der Waals surface area contributed by atoms with Gasteiger partial charge in [-0.25, -0.2) is 13.1 Å². The van der Waals surface area contributed by atoms with E-state index in [1.165, 1.54) is 0 Å². The number of nitrogens with one attached hydrogen (secondary N) is 1. The van der Waals surface area contributed by atoms with E-state index < -0.39 is 16.0 Å². The fraction of sp³-hybridized carbons (Fsp3) is 0.727. The minimum absolute atomic E-state index is 0.0510. The Labute approximate surface area is 102 Å². The molecular weight excluding hydrogens is 242 g/mol. The molecule has 0 aromatic carbocycles. The molecule has 1 aliphatic rings. The number of carbonyl (C=O) groups is 1. The summed E-state index contributed by atoms with van der Waals surface area (Å²) in [4.78, 5) is 10.7. The number of carboxylic acids is 1. The van der Waals surface area contributed by atoms with Crippen molar-refractivity contribution >= 4 is 16.0 Å². The highest BCUT2D eigenvalue weighted by atomic mass is 32.2. The summed E-state index contributed by atoms with van der Waals surface area (Å²) in [6.45, 7) is 3.48. The standard InChI is InChI=1S/C11H19NO4S/c1-2-3-8-17(15,16)12-10-6-4-9(5-7-10)11(13)14/h2,9-10,12H,1,3-8H2,(H,13,14). The van der Waals surface area contributed by atoms with Crippen LogP contribution >= 0.6 is 0 Å².